The minimum Gasteiger partial charge on any atom is -0.377 e. The Bertz CT molecular complexity index is 475. The fourth-order valence-electron chi connectivity index (χ4n) is 2.88. The lowest BCUT2D eigenvalue weighted by Crippen LogP contribution is -2.46. The van der Waals surface area contributed by atoms with Crippen molar-refractivity contribution in [1.29, 1.82) is 0 Å². The molecule has 1 atom stereocenters. The summed E-state index contributed by atoms with van der Waals surface area (Å²) < 4.78 is 7.67. The zero-order chi connectivity index (χ0) is 15.6. The Balaban J connectivity index is 2.29. The summed E-state index contributed by atoms with van der Waals surface area (Å²) in [5, 5.41) is 8.24. The number of ether oxygens (including phenoxy) is 1. The molecule has 0 amide bonds. The van der Waals surface area contributed by atoms with Gasteiger partial charge < -0.3 is 15.0 Å². The number of anilines is 1. The maximum absolute atomic E-state index is 5.64. The zero-order valence-electron chi connectivity index (χ0n) is 14.4. The molecule has 1 aliphatic rings. The second kappa shape index (κ2) is 6.36. The van der Waals surface area contributed by atoms with E-state index in [1.807, 2.05) is 11.7 Å². The van der Waals surface area contributed by atoms with Gasteiger partial charge >= 0.3 is 0 Å². The van der Waals surface area contributed by atoms with Crippen LogP contribution in [-0.4, -0.2) is 41.1 Å². The van der Waals surface area contributed by atoms with E-state index < -0.39 is 0 Å². The molecule has 0 aromatic carbocycles. The van der Waals surface area contributed by atoms with Gasteiger partial charge in [-0.15, -0.1) is 0 Å². The molecular weight excluding hydrogens is 264 g/mol. The second-order valence-corrected chi connectivity index (χ2v) is 6.95. The van der Waals surface area contributed by atoms with E-state index in [0.29, 0.717) is 6.04 Å². The molecule has 120 valence electrons. The van der Waals surface area contributed by atoms with Gasteiger partial charge in [0.25, 0.3) is 0 Å². The van der Waals surface area contributed by atoms with Crippen molar-refractivity contribution in [1.82, 2.24) is 15.1 Å². The lowest BCUT2D eigenvalue weighted by atomic mass is 10.1. The van der Waals surface area contributed by atoms with Gasteiger partial charge in [0.1, 0.15) is 5.82 Å². The van der Waals surface area contributed by atoms with Gasteiger partial charge in [0.15, 0.2) is 0 Å². The maximum atomic E-state index is 5.64. The van der Waals surface area contributed by atoms with E-state index in [9.17, 15) is 0 Å². The van der Waals surface area contributed by atoms with Gasteiger partial charge in [-0.3, -0.25) is 4.68 Å². The summed E-state index contributed by atoms with van der Waals surface area (Å²) in [6, 6.07) is 0.446. The first-order chi connectivity index (χ1) is 9.83. The van der Waals surface area contributed by atoms with Gasteiger partial charge in [0.05, 0.1) is 24.9 Å². The Kier molecular flexibility index (Phi) is 4.94. The summed E-state index contributed by atoms with van der Waals surface area (Å²) >= 11 is 0. The van der Waals surface area contributed by atoms with E-state index in [4.69, 9.17) is 4.74 Å². The summed E-state index contributed by atoms with van der Waals surface area (Å²) in [4.78, 5) is 2.48. The van der Waals surface area contributed by atoms with E-state index in [2.05, 4.69) is 49.9 Å². The summed E-state index contributed by atoms with van der Waals surface area (Å²) in [6.45, 7) is 14.3. The first-order valence-electron chi connectivity index (χ1n) is 7.95. The normalized spacial score (nSPS) is 20.1. The fourth-order valence-corrected chi connectivity index (χ4v) is 2.88. The molecule has 1 aromatic rings. The summed E-state index contributed by atoms with van der Waals surface area (Å²) in [6.07, 6.45) is 1.09. The number of aromatic nitrogens is 2. The molecule has 1 unspecified atom stereocenters. The standard InChI is InChI=1S/C16H30N4O/c1-7-13-11-21-9-8-20(13)15-14(10-17-16(3,4)5)12(2)18-19(15)6/h13,17H,7-11H2,1-6H3. The smallest absolute Gasteiger partial charge is 0.131 e. The fraction of sp³-hybridized carbons (Fsp3) is 0.812. The number of nitrogens with zero attached hydrogens (tertiary/aromatic N) is 3. The van der Waals surface area contributed by atoms with Crippen molar-refractivity contribution in [3.8, 4) is 0 Å². The molecule has 0 bridgehead atoms. The largest absolute Gasteiger partial charge is 0.377 e. The van der Waals surface area contributed by atoms with Crippen molar-refractivity contribution in [2.75, 3.05) is 24.7 Å². The third kappa shape index (κ3) is 3.77. The van der Waals surface area contributed by atoms with Crippen molar-refractivity contribution >= 4 is 5.82 Å². The summed E-state index contributed by atoms with van der Waals surface area (Å²) in [5.41, 5.74) is 2.53. The van der Waals surface area contributed by atoms with Crippen LogP contribution in [0.3, 0.4) is 0 Å². The van der Waals surface area contributed by atoms with Crippen molar-refractivity contribution < 1.29 is 4.74 Å². The van der Waals surface area contributed by atoms with Gasteiger partial charge in [-0.2, -0.15) is 5.10 Å². The number of nitrogens with one attached hydrogen (secondary N) is 1. The molecule has 0 spiro atoms. The van der Waals surface area contributed by atoms with Gasteiger partial charge in [-0.1, -0.05) is 6.92 Å². The summed E-state index contributed by atoms with van der Waals surface area (Å²) in [5.74, 6) is 1.25. The highest BCUT2D eigenvalue weighted by molar-refractivity contribution is 5.51. The number of rotatable bonds is 4. The van der Waals surface area contributed by atoms with Crippen LogP contribution in [-0.2, 0) is 18.3 Å². The minimum atomic E-state index is 0.106. The Morgan fingerprint density at radius 3 is 2.71 bits per heavy atom. The Hall–Kier alpha value is -1.07. The van der Waals surface area contributed by atoms with Crippen LogP contribution in [0.4, 0.5) is 5.82 Å². The molecule has 1 N–H and O–H groups in total. The lowest BCUT2D eigenvalue weighted by molar-refractivity contribution is 0.0920. The molecule has 0 aliphatic carbocycles. The average molecular weight is 294 g/mol. The Morgan fingerprint density at radius 1 is 1.38 bits per heavy atom. The van der Waals surface area contributed by atoms with Crippen molar-refractivity contribution in [3.05, 3.63) is 11.3 Å². The Labute approximate surface area is 128 Å². The van der Waals surface area contributed by atoms with Crippen molar-refractivity contribution in [3.63, 3.8) is 0 Å². The predicted molar refractivity (Wildman–Crippen MR) is 86.8 cm³/mol. The molecule has 0 radical (unpaired) electrons. The van der Waals surface area contributed by atoms with E-state index in [1.54, 1.807) is 0 Å². The second-order valence-electron chi connectivity index (χ2n) is 6.95. The van der Waals surface area contributed by atoms with E-state index in [0.717, 1.165) is 38.4 Å². The monoisotopic (exact) mass is 294 g/mol. The van der Waals surface area contributed by atoms with Crippen LogP contribution in [0, 0.1) is 6.92 Å². The quantitative estimate of drug-likeness (QED) is 0.925. The molecule has 0 saturated carbocycles. The number of hydrogen-bond acceptors (Lipinski definition) is 4. The van der Waals surface area contributed by atoms with Crippen LogP contribution in [0.5, 0.6) is 0 Å². The molecule has 1 aromatic heterocycles. The molecule has 2 rings (SSSR count). The van der Waals surface area contributed by atoms with E-state index in [-0.39, 0.29) is 5.54 Å². The first kappa shape index (κ1) is 16.3. The molecule has 1 fully saturated rings. The van der Waals surface area contributed by atoms with Crippen LogP contribution in [0.2, 0.25) is 0 Å². The third-order valence-electron chi connectivity index (χ3n) is 4.08. The van der Waals surface area contributed by atoms with Gasteiger partial charge in [-0.25, -0.2) is 0 Å². The highest BCUT2D eigenvalue weighted by Crippen LogP contribution is 2.27. The number of morpholine rings is 1. The molecule has 2 heterocycles. The zero-order valence-corrected chi connectivity index (χ0v) is 14.4. The first-order valence-corrected chi connectivity index (χ1v) is 7.95. The van der Waals surface area contributed by atoms with Crippen LogP contribution in [0.15, 0.2) is 0 Å². The maximum Gasteiger partial charge on any atom is 0.131 e. The molecule has 21 heavy (non-hydrogen) atoms. The molecule has 5 nitrogen and oxygen atoms in total. The molecule has 1 saturated heterocycles. The SMILES string of the molecule is CCC1COCCN1c1c(CNC(C)(C)C)c(C)nn1C. The van der Waals surface area contributed by atoms with Crippen LogP contribution in [0.1, 0.15) is 45.4 Å². The minimum absolute atomic E-state index is 0.106. The van der Waals surface area contributed by atoms with Gasteiger partial charge in [0.2, 0.25) is 0 Å². The molecule has 1 aliphatic heterocycles. The molecular formula is C16H30N4O. The predicted octanol–water partition coefficient (Wildman–Crippen LogP) is 2.23. The topological polar surface area (TPSA) is 42.3 Å². The number of hydrogen-bond donors (Lipinski definition) is 1. The highest BCUT2D eigenvalue weighted by Gasteiger charge is 2.28. The van der Waals surface area contributed by atoms with Crippen molar-refractivity contribution in [2.45, 2.75) is 59.2 Å². The van der Waals surface area contributed by atoms with Crippen molar-refractivity contribution in [2.24, 2.45) is 7.05 Å². The summed E-state index contributed by atoms with van der Waals surface area (Å²) in [7, 11) is 2.05. The third-order valence-corrected chi connectivity index (χ3v) is 4.08. The van der Waals surface area contributed by atoms with Crippen LogP contribution in [0.25, 0.3) is 0 Å². The van der Waals surface area contributed by atoms with Crippen LogP contribution >= 0.6 is 0 Å². The molecule has 5 heteroatoms. The lowest BCUT2D eigenvalue weighted by Gasteiger charge is -2.37. The highest BCUT2D eigenvalue weighted by atomic mass is 16.5. The van der Waals surface area contributed by atoms with Gasteiger partial charge in [-0.05, 0) is 34.1 Å². The van der Waals surface area contributed by atoms with E-state index in [1.165, 1.54) is 11.4 Å². The van der Waals surface area contributed by atoms with Gasteiger partial charge in [0, 0.05) is 31.2 Å². The van der Waals surface area contributed by atoms with E-state index >= 15 is 0 Å². The number of aryl methyl sites for hydroxylation is 2. The Morgan fingerprint density at radius 2 is 2.10 bits per heavy atom. The van der Waals surface area contributed by atoms with Crippen LogP contribution < -0.4 is 10.2 Å². The average Bonchev–Trinajstić information content (AvgIpc) is 2.69.